The minimum absolute atomic E-state index is 0.0920. The van der Waals surface area contributed by atoms with Gasteiger partial charge in [-0.2, -0.15) is 0 Å². The van der Waals surface area contributed by atoms with Crippen molar-refractivity contribution in [3.05, 3.63) is 75.7 Å². The maximum Gasteiger partial charge on any atom is 0.230 e. The summed E-state index contributed by atoms with van der Waals surface area (Å²) in [6.07, 6.45) is 3.68. The molecule has 1 amide bonds. The van der Waals surface area contributed by atoms with Crippen LogP contribution >= 0.6 is 23.2 Å². The fourth-order valence-corrected chi connectivity index (χ4v) is 5.58. The molecule has 12 heteroatoms. The minimum Gasteiger partial charge on any atom is -0.440 e. The fraction of sp³-hybridized carbons (Fsp3) is 0.250. The number of aromatic nitrogens is 3. The first-order valence-corrected chi connectivity index (χ1v) is 13.4. The lowest BCUT2D eigenvalue weighted by atomic mass is 9.95. The Morgan fingerprint density at radius 2 is 1.86 bits per heavy atom. The highest BCUT2D eigenvalue weighted by Crippen LogP contribution is 2.57. The van der Waals surface area contributed by atoms with Gasteiger partial charge in [-0.15, -0.1) is 0 Å². The Bertz CT molecular complexity index is 1580. The molecule has 1 aliphatic carbocycles. The number of halogens is 3. The maximum atomic E-state index is 13.6. The van der Waals surface area contributed by atoms with Crippen LogP contribution in [0.1, 0.15) is 36.9 Å². The molecule has 36 heavy (non-hydrogen) atoms. The molecule has 1 aliphatic rings. The molecule has 186 valence electrons. The van der Waals surface area contributed by atoms with Crippen LogP contribution in [-0.2, 0) is 26.5 Å². The van der Waals surface area contributed by atoms with Gasteiger partial charge in [-0.25, -0.2) is 22.8 Å². The standard InChI is InChI=1S/C24H19Cl2FN4O4S/c1-2-36(33,34)21-12-28-15(11-29-21)10-20(32)30-14-8-16(25)22(17(26)9-14)24(5-6-24)23-31-18-4-3-13(27)7-19(18)35-23/h3-4,7-9,11-12H,2,5-6,10H2,1H3,(H,30,32). The zero-order chi connectivity index (χ0) is 25.7. The summed E-state index contributed by atoms with van der Waals surface area (Å²) < 4.78 is 43.1. The Morgan fingerprint density at radius 1 is 1.14 bits per heavy atom. The number of carbonyl (C=O) groups is 1. The van der Waals surface area contributed by atoms with E-state index in [1.54, 1.807) is 18.2 Å². The highest BCUT2D eigenvalue weighted by Gasteiger charge is 2.52. The molecule has 2 aromatic carbocycles. The Balaban J connectivity index is 1.34. The summed E-state index contributed by atoms with van der Waals surface area (Å²) >= 11 is 13.2. The summed E-state index contributed by atoms with van der Waals surface area (Å²) in [6, 6.07) is 7.33. The van der Waals surface area contributed by atoms with Gasteiger partial charge >= 0.3 is 0 Å². The van der Waals surface area contributed by atoms with E-state index in [1.807, 2.05) is 0 Å². The monoisotopic (exact) mass is 548 g/mol. The van der Waals surface area contributed by atoms with Crippen LogP contribution in [0.15, 0.2) is 52.2 Å². The molecular weight excluding hydrogens is 530 g/mol. The number of hydrogen-bond acceptors (Lipinski definition) is 7. The zero-order valence-electron chi connectivity index (χ0n) is 18.9. The number of nitrogens with zero attached hydrogens (tertiary/aromatic N) is 3. The lowest BCUT2D eigenvalue weighted by molar-refractivity contribution is -0.115. The molecule has 1 fully saturated rings. The number of sulfone groups is 1. The van der Waals surface area contributed by atoms with E-state index in [9.17, 15) is 17.6 Å². The van der Waals surface area contributed by atoms with E-state index in [-0.39, 0.29) is 17.2 Å². The van der Waals surface area contributed by atoms with Crippen LogP contribution in [0.2, 0.25) is 10.0 Å². The first-order valence-electron chi connectivity index (χ1n) is 11.0. The number of benzene rings is 2. The lowest BCUT2D eigenvalue weighted by Gasteiger charge is -2.17. The molecule has 1 saturated carbocycles. The predicted molar refractivity (Wildman–Crippen MR) is 133 cm³/mol. The van der Waals surface area contributed by atoms with Crippen molar-refractivity contribution in [3.63, 3.8) is 0 Å². The quantitative estimate of drug-likeness (QED) is 0.340. The summed E-state index contributed by atoms with van der Waals surface area (Å²) in [5, 5.41) is 3.24. The van der Waals surface area contributed by atoms with Crippen LogP contribution in [0.5, 0.6) is 0 Å². The van der Waals surface area contributed by atoms with Crippen LogP contribution in [0, 0.1) is 5.82 Å². The fourth-order valence-electron chi connectivity index (χ4n) is 4.01. The first-order chi connectivity index (χ1) is 17.1. The number of carbonyl (C=O) groups excluding carboxylic acids is 1. The first kappa shape index (κ1) is 24.6. The van der Waals surface area contributed by atoms with Crippen molar-refractivity contribution in [2.45, 2.75) is 36.6 Å². The van der Waals surface area contributed by atoms with Crippen LogP contribution in [0.4, 0.5) is 10.1 Å². The molecule has 5 rings (SSSR count). The van der Waals surface area contributed by atoms with Crippen molar-refractivity contribution in [1.29, 1.82) is 0 Å². The summed E-state index contributed by atoms with van der Waals surface area (Å²) in [5.41, 5.74) is 1.58. The second-order valence-electron chi connectivity index (χ2n) is 8.50. The van der Waals surface area contributed by atoms with Gasteiger partial charge in [0.2, 0.25) is 11.8 Å². The SMILES string of the molecule is CCS(=O)(=O)c1cnc(CC(=O)Nc2cc(Cl)c(C3(c4nc5ccc(F)cc5o4)CC3)c(Cl)c2)cn1. The van der Waals surface area contributed by atoms with Gasteiger partial charge in [0.25, 0.3) is 0 Å². The van der Waals surface area contributed by atoms with Gasteiger partial charge in [0.15, 0.2) is 20.4 Å². The van der Waals surface area contributed by atoms with E-state index in [4.69, 9.17) is 27.6 Å². The van der Waals surface area contributed by atoms with Gasteiger partial charge < -0.3 is 9.73 Å². The van der Waals surface area contributed by atoms with Gasteiger partial charge in [-0.05, 0) is 37.1 Å². The second-order valence-corrected chi connectivity index (χ2v) is 11.5. The summed E-state index contributed by atoms with van der Waals surface area (Å²) in [6.45, 7) is 1.51. The maximum absolute atomic E-state index is 13.6. The van der Waals surface area contributed by atoms with Crippen molar-refractivity contribution >= 4 is 55.7 Å². The molecule has 0 spiro atoms. The minimum atomic E-state index is -3.47. The van der Waals surface area contributed by atoms with Gasteiger partial charge in [0, 0.05) is 27.4 Å². The molecule has 8 nitrogen and oxygen atoms in total. The summed E-state index contributed by atoms with van der Waals surface area (Å²) in [7, 11) is -3.47. The van der Waals surface area contributed by atoms with Crippen LogP contribution in [-0.4, -0.2) is 35.0 Å². The van der Waals surface area contributed by atoms with Crippen LogP contribution in [0.25, 0.3) is 11.1 Å². The van der Waals surface area contributed by atoms with Gasteiger partial charge in [-0.3, -0.25) is 9.78 Å². The van der Waals surface area contributed by atoms with Crippen molar-refractivity contribution < 1.29 is 22.0 Å². The Kier molecular flexibility index (Phi) is 6.22. The van der Waals surface area contributed by atoms with Gasteiger partial charge in [0.05, 0.1) is 35.7 Å². The second kappa shape index (κ2) is 9.10. The van der Waals surface area contributed by atoms with Crippen molar-refractivity contribution in [3.8, 4) is 0 Å². The molecule has 0 unspecified atom stereocenters. The van der Waals surface area contributed by atoms with E-state index in [0.29, 0.717) is 56.8 Å². The molecular formula is C24H19Cl2FN4O4S. The Hall–Kier alpha value is -3.08. The largest absolute Gasteiger partial charge is 0.440 e. The predicted octanol–water partition coefficient (Wildman–Crippen LogP) is 5.12. The Morgan fingerprint density at radius 3 is 2.47 bits per heavy atom. The summed E-state index contributed by atoms with van der Waals surface area (Å²) in [4.78, 5) is 25.0. The number of nitrogens with one attached hydrogen (secondary N) is 1. The van der Waals surface area contributed by atoms with Crippen molar-refractivity contribution in [2.24, 2.45) is 0 Å². The molecule has 1 N–H and O–H groups in total. The Labute approximate surface area is 215 Å². The molecule has 4 aromatic rings. The number of anilines is 1. The lowest BCUT2D eigenvalue weighted by Crippen LogP contribution is -2.17. The van der Waals surface area contributed by atoms with Crippen LogP contribution < -0.4 is 5.32 Å². The number of hydrogen-bond donors (Lipinski definition) is 1. The van der Waals surface area contributed by atoms with E-state index in [1.165, 1.54) is 25.3 Å². The van der Waals surface area contributed by atoms with E-state index in [2.05, 4.69) is 20.3 Å². The normalized spacial score (nSPS) is 14.7. The molecule has 2 aromatic heterocycles. The van der Waals surface area contributed by atoms with E-state index < -0.39 is 27.0 Å². The van der Waals surface area contributed by atoms with Crippen molar-refractivity contribution in [2.75, 3.05) is 11.1 Å². The molecule has 0 saturated heterocycles. The smallest absolute Gasteiger partial charge is 0.230 e. The number of rotatable bonds is 7. The van der Waals surface area contributed by atoms with E-state index >= 15 is 0 Å². The van der Waals surface area contributed by atoms with Gasteiger partial charge in [0.1, 0.15) is 11.3 Å². The third-order valence-electron chi connectivity index (χ3n) is 6.04. The average Bonchev–Trinajstić information content (AvgIpc) is 3.50. The third kappa shape index (κ3) is 4.56. The van der Waals surface area contributed by atoms with Gasteiger partial charge in [-0.1, -0.05) is 30.1 Å². The number of fused-ring (bicyclic) bond motifs is 1. The topological polar surface area (TPSA) is 115 Å². The molecule has 0 radical (unpaired) electrons. The molecule has 2 heterocycles. The molecule has 0 atom stereocenters. The average molecular weight is 549 g/mol. The van der Waals surface area contributed by atoms with E-state index in [0.717, 1.165) is 6.20 Å². The molecule has 0 aliphatic heterocycles. The highest BCUT2D eigenvalue weighted by molar-refractivity contribution is 7.91. The van der Waals surface area contributed by atoms with Crippen molar-refractivity contribution in [1.82, 2.24) is 15.0 Å². The van der Waals surface area contributed by atoms with Crippen LogP contribution in [0.3, 0.4) is 0 Å². The molecule has 0 bridgehead atoms. The number of oxazole rings is 1. The summed E-state index contributed by atoms with van der Waals surface area (Å²) in [5.74, 6) is -0.502. The zero-order valence-corrected chi connectivity index (χ0v) is 21.2. The highest BCUT2D eigenvalue weighted by atomic mass is 35.5. The third-order valence-corrected chi connectivity index (χ3v) is 8.24. The number of amides is 1.